The second kappa shape index (κ2) is 5.70. The quantitative estimate of drug-likeness (QED) is 0.617. The molecule has 0 spiro atoms. The Hall–Kier alpha value is -1.10. The van der Waals surface area contributed by atoms with Crippen molar-refractivity contribution in [3.63, 3.8) is 0 Å². The van der Waals surface area contributed by atoms with Crippen LogP contribution < -0.4 is 4.74 Å². The standard InChI is InChI=1S/C10H12BrNO3/c1-14-9-4-3-7(6-12-9)5-8(11)10(13)15-2/h3-4,6,8H,5H2,1-2H3. The number of methoxy groups -OCH3 is 2. The highest BCUT2D eigenvalue weighted by Crippen LogP contribution is 2.13. The molecule has 82 valence electrons. The number of carbonyl (C=O) groups excluding carboxylic acids is 1. The molecule has 1 unspecified atom stereocenters. The van der Waals surface area contributed by atoms with E-state index < -0.39 is 0 Å². The number of nitrogens with zero attached hydrogens (tertiary/aromatic N) is 1. The van der Waals surface area contributed by atoms with Crippen LogP contribution in [0.25, 0.3) is 0 Å². The molecular weight excluding hydrogens is 262 g/mol. The number of halogens is 1. The van der Waals surface area contributed by atoms with Crippen LogP contribution in [-0.2, 0) is 16.0 Å². The van der Waals surface area contributed by atoms with E-state index >= 15 is 0 Å². The Morgan fingerprint density at radius 1 is 1.53 bits per heavy atom. The molecule has 0 aliphatic rings. The van der Waals surface area contributed by atoms with Gasteiger partial charge in [-0.25, -0.2) is 4.98 Å². The number of hydrogen-bond donors (Lipinski definition) is 0. The van der Waals surface area contributed by atoms with Crippen LogP contribution in [0.5, 0.6) is 5.88 Å². The molecule has 1 aromatic rings. The van der Waals surface area contributed by atoms with E-state index in [0.29, 0.717) is 12.3 Å². The van der Waals surface area contributed by atoms with Gasteiger partial charge in [0.2, 0.25) is 5.88 Å². The van der Waals surface area contributed by atoms with Crippen LogP contribution >= 0.6 is 15.9 Å². The summed E-state index contributed by atoms with van der Waals surface area (Å²) in [5.74, 6) is 0.272. The molecule has 0 aliphatic heterocycles. The third-order valence-corrected chi connectivity index (χ3v) is 2.58. The average Bonchev–Trinajstić information content (AvgIpc) is 2.29. The molecule has 0 aliphatic carbocycles. The van der Waals surface area contributed by atoms with Gasteiger partial charge in [-0.1, -0.05) is 22.0 Å². The molecule has 4 nitrogen and oxygen atoms in total. The van der Waals surface area contributed by atoms with Crippen LogP contribution in [0.2, 0.25) is 0 Å². The van der Waals surface area contributed by atoms with Crippen molar-refractivity contribution in [2.24, 2.45) is 0 Å². The maximum absolute atomic E-state index is 11.1. The third-order valence-electron chi connectivity index (χ3n) is 1.88. The predicted molar refractivity (Wildman–Crippen MR) is 59.2 cm³/mol. The Kier molecular flexibility index (Phi) is 4.55. The molecule has 1 atom stereocenters. The molecule has 0 fully saturated rings. The van der Waals surface area contributed by atoms with E-state index in [2.05, 4.69) is 25.7 Å². The van der Waals surface area contributed by atoms with Gasteiger partial charge in [0.05, 0.1) is 14.2 Å². The Labute approximate surface area is 96.7 Å². The molecule has 0 N–H and O–H groups in total. The maximum atomic E-state index is 11.1. The van der Waals surface area contributed by atoms with E-state index in [1.165, 1.54) is 7.11 Å². The fourth-order valence-corrected chi connectivity index (χ4v) is 1.63. The molecule has 1 heterocycles. The minimum absolute atomic E-state index is 0.286. The van der Waals surface area contributed by atoms with Gasteiger partial charge in [-0.05, 0) is 12.0 Å². The van der Waals surface area contributed by atoms with Gasteiger partial charge >= 0.3 is 5.97 Å². The lowest BCUT2D eigenvalue weighted by Crippen LogP contribution is -2.18. The zero-order valence-electron chi connectivity index (χ0n) is 8.57. The smallest absolute Gasteiger partial charge is 0.319 e. The highest BCUT2D eigenvalue weighted by atomic mass is 79.9. The van der Waals surface area contributed by atoms with Crippen molar-refractivity contribution in [1.29, 1.82) is 0 Å². The van der Waals surface area contributed by atoms with E-state index in [-0.39, 0.29) is 10.8 Å². The van der Waals surface area contributed by atoms with Gasteiger partial charge in [0, 0.05) is 12.3 Å². The summed E-state index contributed by atoms with van der Waals surface area (Å²) in [5.41, 5.74) is 0.947. The maximum Gasteiger partial charge on any atom is 0.319 e. The predicted octanol–water partition coefficient (Wildman–Crippen LogP) is 1.57. The van der Waals surface area contributed by atoms with Crippen molar-refractivity contribution in [1.82, 2.24) is 4.98 Å². The van der Waals surface area contributed by atoms with E-state index in [9.17, 15) is 4.79 Å². The number of carbonyl (C=O) groups is 1. The SMILES string of the molecule is COC(=O)C(Br)Cc1ccc(OC)nc1. The molecule has 1 rings (SSSR count). The van der Waals surface area contributed by atoms with Crippen molar-refractivity contribution in [3.05, 3.63) is 23.9 Å². The molecule has 0 amide bonds. The Balaban J connectivity index is 2.60. The highest BCUT2D eigenvalue weighted by Gasteiger charge is 2.15. The average molecular weight is 274 g/mol. The zero-order valence-corrected chi connectivity index (χ0v) is 10.2. The van der Waals surface area contributed by atoms with Crippen LogP contribution in [0.4, 0.5) is 0 Å². The number of pyridine rings is 1. The van der Waals surface area contributed by atoms with Crippen molar-refractivity contribution in [3.8, 4) is 5.88 Å². The third kappa shape index (κ3) is 3.51. The van der Waals surface area contributed by atoms with Crippen LogP contribution in [0, 0.1) is 0 Å². The number of ether oxygens (including phenoxy) is 2. The minimum atomic E-state index is -0.335. The summed E-state index contributed by atoms with van der Waals surface area (Å²) >= 11 is 3.24. The van der Waals surface area contributed by atoms with Crippen LogP contribution in [0.15, 0.2) is 18.3 Å². The summed E-state index contributed by atoms with van der Waals surface area (Å²) in [6.45, 7) is 0. The number of aromatic nitrogens is 1. The minimum Gasteiger partial charge on any atom is -0.481 e. The van der Waals surface area contributed by atoms with Gasteiger partial charge in [-0.15, -0.1) is 0 Å². The van der Waals surface area contributed by atoms with Gasteiger partial charge in [-0.3, -0.25) is 4.79 Å². The first-order valence-electron chi connectivity index (χ1n) is 4.38. The highest BCUT2D eigenvalue weighted by molar-refractivity contribution is 9.10. The van der Waals surface area contributed by atoms with Gasteiger partial charge in [0.1, 0.15) is 4.83 Å². The number of alkyl halides is 1. The summed E-state index contributed by atoms with van der Waals surface area (Å²) in [5, 5.41) is 0. The molecule has 0 saturated carbocycles. The normalized spacial score (nSPS) is 11.9. The van der Waals surface area contributed by atoms with Gasteiger partial charge in [0.15, 0.2) is 0 Å². The van der Waals surface area contributed by atoms with Gasteiger partial charge in [-0.2, -0.15) is 0 Å². The van der Waals surface area contributed by atoms with Crippen LogP contribution in [0.3, 0.4) is 0 Å². The van der Waals surface area contributed by atoms with Crippen LogP contribution in [0.1, 0.15) is 5.56 Å². The lowest BCUT2D eigenvalue weighted by atomic mass is 10.1. The molecule has 0 saturated heterocycles. The van der Waals surface area contributed by atoms with Crippen molar-refractivity contribution in [2.45, 2.75) is 11.2 Å². The van der Waals surface area contributed by atoms with Gasteiger partial charge < -0.3 is 9.47 Å². The molecule has 0 radical (unpaired) electrons. The van der Waals surface area contributed by atoms with Crippen LogP contribution in [-0.4, -0.2) is 30.0 Å². The zero-order chi connectivity index (χ0) is 11.3. The largest absolute Gasteiger partial charge is 0.481 e. The second-order valence-electron chi connectivity index (χ2n) is 2.90. The lowest BCUT2D eigenvalue weighted by molar-refractivity contribution is -0.139. The Bertz CT molecular complexity index is 326. The number of esters is 1. The molecule has 5 heteroatoms. The summed E-state index contributed by atoms with van der Waals surface area (Å²) in [7, 11) is 2.92. The first kappa shape index (κ1) is 12.0. The molecular formula is C10H12BrNO3. The van der Waals surface area contributed by atoms with Crippen molar-refractivity contribution in [2.75, 3.05) is 14.2 Å². The van der Waals surface area contributed by atoms with E-state index in [1.54, 1.807) is 19.4 Å². The number of hydrogen-bond acceptors (Lipinski definition) is 4. The molecule has 0 bridgehead atoms. The fraction of sp³-hybridized carbons (Fsp3) is 0.400. The van der Waals surface area contributed by atoms with E-state index in [4.69, 9.17) is 4.74 Å². The Morgan fingerprint density at radius 3 is 2.73 bits per heavy atom. The fourth-order valence-electron chi connectivity index (χ4n) is 1.07. The first-order valence-corrected chi connectivity index (χ1v) is 5.29. The molecule has 0 aromatic carbocycles. The van der Waals surface area contributed by atoms with E-state index in [1.807, 2.05) is 6.07 Å². The van der Waals surface area contributed by atoms with Crippen molar-refractivity contribution >= 4 is 21.9 Å². The summed E-state index contributed by atoms with van der Waals surface area (Å²) in [4.78, 5) is 14.8. The summed E-state index contributed by atoms with van der Waals surface area (Å²) < 4.78 is 9.53. The Morgan fingerprint density at radius 2 is 2.27 bits per heavy atom. The monoisotopic (exact) mass is 273 g/mol. The first-order chi connectivity index (χ1) is 7.17. The number of rotatable bonds is 4. The lowest BCUT2D eigenvalue weighted by Gasteiger charge is -2.07. The summed E-state index contributed by atoms with van der Waals surface area (Å²) in [6, 6.07) is 3.62. The van der Waals surface area contributed by atoms with Gasteiger partial charge in [0.25, 0.3) is 0 Å². The molecule has 1 aromatic heterocycles. The molecule has 15 heavy (non-hydrogen) atoms. The van der Waals surface area contributed by atoms with E-state index in [0.717, 1.165) is 5.56 Å². The summed E-state index contributed by atoms with van der Waals surface area (Å²) in [6.07, 6.45) is 2.22. The second-order valence-corrected chi connectivity index (χ2v) is 4.01. The topological polar surface area (TPSA) is 48.4 Å². The van der Waals surface area contributed by atoms with Crippen molar-refractivity contribution < 1.29 is 14.3 Å².